The number of fused-ring (bicyclic) bond motifs is 1. The van der Waals surface area contributed by atoms with Crippen molar-refractivity contribution in [2.24, 2.45) is 11.8 Å². The highest BCUT2D eigenvalue weighted by atomic mass is 16.4. The second kappa shape index (κ2) is 5.63. The van der Waals surface area contributed by atoms with Crippen molar-refractivity contribution in [3.63, 3.8) is 0 Å². The minimum Gasteiger partial charge on any atom is -0.408 e. The smallest absolute Gasteiger partial charge is 0.408 e. The van der Waals surface area contributed by atoms with E-state index in [-0.39, 0.29) is 5.91 Å². The van der Waals surface area contributed by atoms with Gasteiger partial charge in [-0.2, -0.15) is 0 Å². The molecular weight excluding hydrogens is 280 g/mol. The summed E-state index contributed by atoms with van der Waals surface area (Å²) in [5, 5.41) is 0. The molecule has 1 aromatic carbocycles. The van der Waals surface area contributed by atoms with E-state index in [2.05, 4.69) is 13.8 Å². The molecule has 2 aromatic rings. The highest BCUT2D eigenvalue weighted by Crippen LogP contribution is 2.24. The number of likely N-dealkylation sites (tertiary alicyclic amines) is 1. The maximum Gasteiger partial charge on any atom is 0.420 e. The monoisotopic (exact) mass is 302 g/mol. The number of benzene rings is 1. The Kier molecular flexibility index (Phi) is 3.81. The van der Waals surface area contributed by atoms with Crippen molar-refractivity contribution in [3.05, 3.63) is 34.8 Å². The maximum absolute atomic E-state index is 12.8. The fourth-order valence-corrected chi connectivity index (χ4v) is 3.57. The largest absolute Gasteiger partial charge is 0.420 e. The number of aromatic nitrogens is 1. The number of oxazole rings is 1. The van der Waals surface area contributed by atoms with Crippen molar-refractivity contribution in [1.29, 1.82) is 0 Å². The highest BCUT2D eigenvalue weighted by Gasteiger charge is 2.30. The van der Waals surface area contributed by atoms with Gasteiger partial charge in [-0.15, -0.1) is 0 Å². The van der Waals surface area contributed by atoms with Crippen molar-refractivity contribution >= 4 is 17.0 Å². The van der Waals surface area contributed by atoms with Gasteiger partial charge in [-0.1, -0.05) is 26.0 Å². The van der Waals surface area contributed by atoms with Gasteiger partial charge >= 0.3 is 5.76 Å². The van der Waals surface area contributed by atoms with Gasteiger partial charge in [-0.05, 0) is 37.3 Å². The maximum atomic E-state index is 12.8. The average molecular weight is 302 g/mol. The van der Waals surface area contributed by atoms with Gasteiger partial charge in [0, 0.05) is 13.1 Å². The molecule has 22 heavy (non-hydrogen) atoms. The Hall–Kier alpha value is -2.04. The van der Waals surface area contributed by atoms with E-state index >= 15 is 0 Å². The number of piperidine rings is 1. The molecule has 1 amide bonds. The van der Waals surface area contributed by atoms with Gasteiger partial charge in [-0.3, -0.25) is 9.36 Å². The van der Waals surface area contributed by atoms with Crippen LogP contribution in [0.25, 0.3) is 11.1 Å². The van der Waals surface area contributed by atoms with Gasteiger partial charge in [0.1, 0.15) is 6.04 Å². The molecule has 3 atom stereocenters. The van der Waals surface area contributed by atoms with Crippen LogP contribution in [0.1, 0.15) is 33.2 Å². The molecule has 1 saturated heterocycles. The molecule has 2 heterocycles. The summed E-state index contributed by atoms with van der Waals surface area (Å²) in [6, 6.07) is 6.67. The number of carbonyl (C=O) groups excluding carboxylic acids is 1. The quantitative estimate of drug-likeness (QED) is 0.857. The first kappa shape index (κ1) is 14.9. The molecule has 0 spiro atoms. The van der Waals surface area contributed by atoms with Gasteiger partial charge < -0.3 is 9.32 Å². The van der Waals surface area contributed by atoms with Crippen molar-refractivity contribution in [2.75, 3.05) is 13.1 Å². The lowest BCUT2D eigenvalue weighted by atomic mass is 9.91. The van der Waals surface area contributed by atoms with E-state index in [0.717, 1.165) is 19.5 Å². The van der Waals surface area contributed by atoms with E-state index in [1.165, 1.54) is 4.57 Å². The zero-order chi connectivity index (χ0) is 15.9. The Morgan fingerprint density at radius 3 is 2.55 bits per heavy atom. The van der Waals surface area contributed by atoms with E-state index in [4.69, 9.17) is 4.42 Å². The van der Waals surface area contributed by atoms with Gasteiger partial charge in [0.15, 0.2) is 5.58 Å². The third-order valence-corrected chi connectivity index (χ3v) is 4.44. The van der Waals surface area contributed by atoms with Crippen LogP contribution in [-0.2, 0) is 4.79 Å². The van der Waals surface area contributed by atoms with E-state index in [1.54, 1.807) is 13.0 Å². The molecule has 3 unspecified atom stereocenters. The molecule has 1 aromatic heterocycles. The number of nitrogens with zero attached hydrogens (tertiary/aromatic N) is 2. The van der Waals surface area contributed by atoms with Gasteiger partial charge in [0.2, 0.25) is 5.91 Å². The topological polar surface area (TPSA) is 55.5 Å². The van der Waals surface area contributed by atoms with Crippen molar-refractivity contribution in [2.45, 2.75) is 33.2 Å². The van der Waals surface area contributed by atoms with E-state index in [9.17, 15) is 9.59 Å². The predicted molar refractivity (Wildman–Crippen MR) is 84.7 cm³/mol. The first-order chi connectivity index (χ1) is 10.5. The number of rotatable bonds is 2. The van der Waals surface area contributed by atoms with Crippen LogP contribution < -0.4 is 5.76 Å². The Morgan fingerprint density at radius 2 is 1.86 bits per heavy atom. The SMILES string of the molecule is CC1CC(C)CN(C(=O)C(C)n2c(=O)oc3ccccc32)C1. The Bertz CT molecular complexity index is 736. The van der Waals surface area contributed by atoms with Crippen LogP contribution in [0.2, 0.25) is 0 Å². The molecule has 5 heteroatoms. The lowest BCUT2D eigenvalue weighted by Crippen LogP contribution is -2.46. The Labute approximate surface area is 129 Å². The zero-order valence-corrected chi connectivity index (χ0v) is 13.3. The van der Waals surface area contributed by atoms with Gasteiger partial charge in [-0.25, -0.2) is 4.79 Å². The van der Waals surface area contributed by atoms with Crippen LogP contribution in [0.15, 0.2) is 33.5 Å². The summed E-state index contributed by atoms with van der Waals surface area (Å²) in [4.78, 5) is 26.8. The number of para-hydroxylation sites is 2. The molecule has 0 bridgehead atoms. The molecule has 1 aliphatic heterocycles. The zero-order valence-electron chi connectivity index (χ0n) is 13.3. The molecule has 1 aliphatic rings. The van der Waals surface area contributed by atoms with Gasteiger partial charge in [0.25, 0.3) is 0 Å². The Balaban J connectivity index is 1.92. The molecule has 0 radical (unpaired) electrons. The predicted octanol–water partition coefficient (Wildman–Crippen LogP) is 2.66. The number of hydrogen-bond donors (Lipinski definition) is 0. The van der Waals surface area contributed by atoms with Crippen LogP contribution in [0.4, 0.5) is 0 Å². The van der Waals surface area contributed by atoms with E-state index < -0.39 is 11.8 Å². The van der Waals surface area contributed by atoms with Crippen LogP contribution in [0.3, 0.4) is 0 Å². The van der Waals surface area contributed by atoms with Crippen LogP contribution in [0, 0.1) is 11.8 Å². The summed E-state index contributed by atoms with van der Waals surface area (Å²) in [6.45, 7) is 7.63. The van der Waals surface area contributed by atoms with Crippen LogP contribution in [-0.4, -0.2) is 28.5 Å². The third-order valence-electron chi connectivity index (χ3n) is 4.44. The summed E-state index contributed by atoms with van der Waals surface area (Å²) in [5.41, 5.74) is 1.19. The van der Waals surface area contributed by atoms with Crippen LogP contribution >= 0.6 is 0 Å². The fourth-order valence-electron chi connectivity index (χ4n) is 3.57. The van der Waals surface area contributed by atoms with Crippen molar-refractivity contribution in [3.8, 4) is 0 Å². The van der Waals surface area contributed by atoms with Gasteiger partial charge in [0.05, 0.1) is 5.52 Å². The molecule has 1 fully saturated rings. The van der Waals surface area contributed by atoms with Crippen molar-refractivity contribution in [1.82, 2.24) is 9.47 Å². The molecule has 5 nitrogen and oxygen atoms in total. The van der Waals surface area contributed by atoms with Crippen LogP contribution in [0.5, 0.6) is 0 Å². The minimum absolute atomic E-state index is 0.00736. The Morgan fingerprint density at radius 1 is 1.23 bits per heavy atom. The molecule has 3 rings (SSSR count). The highest BCUT2D eigenvalue weighted by molar-refractivity contribution is 5.83. The summed E-state index contributed by atoms with van der Waals surface area (Å²) in [6.07, 6.45) is 1.15. The number of hydrogen-bond acceptors (Lipinski definition) is 3. The average Bonchev–Trinajstić information content (AvgIpc) is 2.80. The second-order valence-corrected chi connectivity index (χ2v) is 6.57. The standard InChI is InChI=1S/C17H22N2O3/c1-11-8-12(2)10-18(9-11)16(20)13(3)19-14-6-4-5-7-15(14)22-17(19)21/h4-7,11-13H,8-10H2,1-3H3. The van der Waals surface area contributed by atoms with E-state index in [0.29, 0.717) is 22.9 Å². The minimum atomic E-state index is -0.548. The molecular formula is C17H22N2O3. The first-order valence-corrected chi connectivity index (χ1v) is 7.86. The fraction of sp³-hybridized carbons (Fsp3) is 0.529. The summed E-state index contributed by atoms with van der Waals surface area (Å²) in [7, 11) is 0. The number of carbonyl (C=O) groups is 1. The van der Waals surface area contributed by atoms with Crippen molar-refractivity contribution < 1.29 is 9.21 Å². The molecule has 0 saturated carbocycles. The molecule has 118 valence electrons. The third kappa shape index (κ3) is 2.56. The summed E-state index contributed by atoms with van der Waals surface area (Å²) < 4.78 is 6.70. The number of amides is 1. The lowest BCUT2D eigenvalue weighted by molar-refractivity contribution is -0.137. The van der Waals surface area contributed by atoms with E-state index in [1.807, 2.05) is 23.1 Å². The molecule has 0 N–H and O–H groups in total. The molecule has 0 aliphatic carbocycles. The first-order valence-electron chi connectivity index (χ1n) is 7.86. The summed E-state index contributed by atoms with van der Waals surface area (Å²) >= 11 is 0. The lowest BCUT2D eigenvalue weighted by Gasteiger charge is -2.36. The second-order valence-electron chi connectivity index (χ2n) is 6.57. The normalized spacial score (nSPS) is 23.7. The summed E-state index contributed by atoms with van der Waals surface area (Å²) in [5.74, 6) is 0.516.